The number of carbonyl (C=O) groups excluding carboxylic acids is 3. The number of nitrogens with zero attached hydrogens (tertiary/aromatic N) is 4. The molecular weight excluding hydrogens is 392 g/mol. The van der Waals surface area contributed by atoms with Gasteiger partial charge in [-0.25, -0.2) is 0 Å². The number of amides is 3. The molecule has 8 nitrogen and oxygen atoms in total. The monoisotopic (exact) mass is 422 g/mol. The molecule has 9 heteroatoms. The predicted octanol–water partition coefficient (Wildman–Crippen LogP) is 1.04. The Morgan fingerprint density at radius 2 is 2.00 bits per heavy atom. The van der Waals surface area contributed by atoms with Gasteiger partial charge in [0.25, 0.3) is 5.91 Å². The third-order valence-corrected chi connectivity index (χ3v) is 6.90. The molecule has 0 fully saturated rings. The first-order valence-corrected chi connectivity index (χ1v) is 10.7. The van der Waals surface area contributed by atoms with Crippen LogP contribution in [0.5, 0.6) is 0 Å². The first-order valence-electron chi connectivity index (χ1n) is 9.91. The maximum atomic E-state index is 13.0. The van der Waals surface area contributed by atoms with Crippen LogP contribution in [0.3, 0.4) is 0 Å². The Bertz CT molecular complexity index is 807. The van der Waals surface area contributed by atoms with Crippen LogP contribution in [-0.4, -0.2) is 92.5 Å². The molecule has 1 aromatic rings. The van der Waals surface area contributed by atoms with E-state index in [9.17, 15) is 14.4 Å². The van der Waals surface area contributed by atoms with Crippen molar-refractivity contribution in [1.82, 2.24) is 14.7 Å². The number of methoxy groups -OCH3 is 1. The summed E-state index contributed by atoms with van der Waals surface area (Å²) in [4.78, 5) is 46.5. The number of ether oxygens (including phenoxy) is 1. The molecule has 0 atom stereocenters. The van der Waals surface area contributed by atoms with Gasteiger partial charge in [0.05, 0.1) is 31.8 Å². The van der Waals surface area contributed by atoms with Crippen LogP contribution in [0, 0.1) is 0 Å². The molecule has 0 aromatic carbocycles. The molecule has 0 radical (unpaired) electrons. The van der Waals surface area contributed by atoms with E-state index in [4.69, 9.17) is 4.74 Å². The smallest absolute Gasteiger partial charge is 0.257 e. The topological polar surface area (TPSA) is 73.4 Å². The van der Waals surface area contributed by atoms with Crippen molar-refractivity contribution in [3.63, 3.8) is 0 Å². The van der Waals surface area contributed by atoms with E-state index in [1.54, 1.807) is 19.1 Å². The van der Waals surface area contributed by atoms with Gasteiger partial charge in [0.1, 0.15) is 11.5 Å². The maximum absolute atomic E-state index is 13.0. The van der Waals surface area contributed by atoms with Gasteiger partial charge in [0.2, 0.25) is 11.8 Å². The lowest BCUT2D eigenvalue weighted by molar-refractivity contribution is -0.133. The summed E-state index contributed by atoms with van der Waals surface area (Å²) in [6.07, 6.45) is 0.629. The van der Waals surface area contributed by atoms with Crippen molar-refractivity contribution < 1.29 is 19.1 Å². The molecule has 0 saturated heterocycles. The first-order chi connectivity index (χ1) is 13.7. The second kappa shape index (κ2) is 8.81. The van der Waals surface area contributed by atoms with Crippen LogP contribution >= 0.6 is 11.3 Å². The van der Waals surface area contributed by atoms with Gasteiger partial charge in [-0.3, -0.25) is 24.2 Å². The molecule has 0 unspecified atom stereocenters. The van der Waals surface area contributed by atoms with Crippen LogP contribution in [0.4, 0.5) is 5.00 Å². The summed E-state index contributed by atoms with van der Waals surface area (Å²) in [5, 5.41) is 0.694. The van der Waals surface area contributed by atoms with Crippen LogP contribution in [0.2, 0.25) is 0 Å². The average Bonchev–Trinajstić information content (AvgIpc) is 3.01. The minimum Gasteiger partial charge on any atom is -0.383 e. The highest BCUT2D eigenvalue weighted by Gasteiger charge is 2.37. The molecule has 3 rings (SSSR count). The van der Waals surface area contributed by atoms with Crippen molar-refractivity contribution in [1.29, 1.82) is 0 Å². The molecule has 3 heterocycles. The van der Waals surface area contributed by atoms with E-state index in [0.717, 1.165) is 10.4 Å². The highest BCUT2D eigenvalue weighted by Crippen LogP contribution is 2.41. The Labute approximate surface area is 176 Å². The standard InChI is InChI=1S/C20H30N4O4S/c1-13(2)21(3)11-16(25)23-7-6-14-15(10-23)29-20-18(14)19(27)22(4)12-17(26)24(20)8-9-28-5/h13H,6-12H2,1-5H3. The van der Waals surface area contributed by atoms with Crippen LogP contribution in [0.15, 0.2) is 0 Å². The highest BCUT2D eigenvalue weighted by atomic mass is 32.1. The normalized spacial score (nSPS) is 17.1. The third kappa shape index (κ3) is 4.31. The van der Waals surface area contributed by atoms with Gasteiger partial charge in [0.15, 0.2) is 0 Å². The van der Waals surface area contributed by atoms with Crippen molar-refractivity contribution in [2.45, 2.75) is 32.9 Å². The number of carbonyl (C=O) groups is 3. The Kier molecular flexibility index (Phi) is 6.60. The Hall–Kier alpha value is -1.97. The maximum Gasteiger partial charge on any atom is 0.257 e. The largest absolute Gasteiger partial charge is 0.383 e. The number of likely N-dealkylation sites (N-methyl/N-ethyl adjacent to an activating group) is 2. The van der Waals surface area contributed by atoms with E-state index in [2.05, 4.69) is 13.8 Å². The molecule has 3 amide bonds. The lowest BCUT2D eigenvalue weighted by Gasteiger charge is -2.30. The number of hydrogen-bond acceptors (Lipinski definition) is 6. The molecular formula is C20H30N4O4S. The van der Waals surface area contributed by atoms with Gasteiger partial charge < -0.3 is 14.5 Å². The zero-order chi connectivity index (χ0) is 21.3. The van der Waals surface area contributed by atoms with E-state index in [1.165, 1.54) is 16.2 Å². The summed E-state index contributed by atoms with van der Waals surface area (Å²) in [6.45, 7) is 6.44. The van der Waals surface area contributed by atoms with Gasteiger partial charge in [-0.15, -0.1) is 11.3 Å². The van der Waals surface area contributed by atoms with Gasteiger partial charge in [-0.2, -0.15) is 0 Å². The van der Waals surface area contributed by atoms with Crippen molar-refractivity contribution in [2.24, 2.45) is 0 Å². The Morgan fingerprint density at radius 3 is 2.66 bits per heavy atom. The molecule has 2 aliphatic heterocycles. The second-order valence-electron chi connectivity index (χ2n) is 7.96. The van der Waals surface area contributed by atoms with Gasteiger partial charge in [-0.05, 0) is 32.9 Å². The number of fused-ring (bicyclic) bond motifs is 3. The van der Waals surface area contributed by atoms with E-state index in [1.807, 2.05) is 16.8 Å². The summed E-state index contributed by atoms with van der Waals surface area (Å²) in [6, 6.07) is 0.297. The summed E-state index contributed by atoms with van der Waals surface area (Å²) >= 11 is 1.46. The lowest BCUT2D eigenvalue weighted by Crippen LogP contribution is -2.43. The summed E-state index contributed by atoms with van der Waals surface area (Å²) in [5.74, 6) is -0.141. The molecule has 2 aliphatic rings. The summed E-state index contributed by atoms with van der Waals surface area (Å²) < 4.78 is 5.16. The van der Waals surface area contributed by atoms with Gasteiger partial charge in [0, 0.05) is 31.6 Å². The first kappa shape index (κ1) is 21.7. The van der Waals surface area contributed by atoms with E-state index < -0.39 is 0 Å². The Morgan fingerprint density at radius 1 is 1.28 bits per heavy atom. The highest BCUT2D eigenvalue weighted by molar-refractivity contribution is 7.17. The predicted molar refractivity (Wildman–Crippen MR) is 112 cm³/mol. The summed E-state index contributed by atoms with van der Waals surface area (Å²) in [5.41, 5.74) is 1.61. The van der Waals surface area contributed by atoms with Crippen LogP contribution in [0.1, 0.15) is 34.6 Å². The van der Waals surface area contributed by atoms with Crippen molar-refractivity contribution in [3.8, 4) is 0 Å². The molecule has 29 heavy (non-hydrogen) atoms. The SMILES string of the molecule is COCCN1C(=O)CN(C)C(=O)c2c1sc1c2CCN(C(=O)CN(C)C(C)C)C1. The zero-order valence-corrected chi connectivity index (χ0v) is 18.7. The van der Waals surface area contributed by atoms with Crippen LogP contribution in [0.25, 0.3) is 0 Å². The number of anilines is 1. The van der Waals surface area contributed by atoms with E-state index >= 15 is 0 Å². The fraction of sp³-hybridized carbons (Fsp3) is 0.650. The van der Waals surface area contributed by atoms with Crippen molar-refractivity contribution >= 4 is 34.1 Å². The molecule has 0 saturated carbocycles. The number of rotatable bonds is 6. The van der Waals surface area contributed by atoms with Gasteiger partial charge >= 0.3 is 0 Å². The lowest BCUT2D eigenvalue weighted by atomic mass is 10.0. The quantitative estimate of drug-likeness (QED) is 0.685. The second-order valence-corrected chi connectivity index (χ2v) is 9.04. The molecule has 0 aliphatic carbocycles. The summed E-state index contributed by atoms with van der Waals surface area (Å²) in [7, 11) is 5.20. The zero-order valence-electron chi connectivity index (χ0n) is 17.9. The van der Waals surface area contributed by atoms with Crippen molar-refractivity contribution in [2.75, 3.05) is 58.9 Å². The van der Waals surface area contributed by atoms with Crippen molar-refractivity contribution in [3.05, 3.63) is 16.0 Å². The van der Waals surface area contributed by atoms with E-state index in [0.29, 0.717) is 55.8 Å². The fourth-order valence-corrected chi connectivity index (χ4v) is 4.98. The average molecular weight is 423 g/mol. The molecule has 0 N–H and O–H groups in total. The fourth-order valence-electron chi connectivity index (χ4n) is 3.58. The molecule has 0 spiro atoms. The van der Waals surface area contributed by atoms with Crippen LogP contribution < -0.4 is 4.90 Å². The number of thiophene rings is 1. The third-order valence-electron chi connectivity index (χ3n) is 5.66. The minimum absolute atomic E-state index is 0.0604. The molecule has 1 aromatic heterocycles. The molecule has 0 bridgehead atoms. The number of hydrogen-bond donors (Lipinski definition) is 0. The van der Waals surface area contributed by atoms with Gasteiger partial charge in [-0.1, -0.05) is 0 Å². The molecule has 160 valence electrons. The Balaban J connectivity index is 1.90. The minimum atomic E-state index is -0.120. The van der Waals surface area contributed by atoms with E-state index in [-0.39, 0.29) is 24.3 Å². The van der Waals surface area contributed by atoms with Crippen LogP contribution in [-0.2, 0) is 27.3 Å².